The number of rotatable bonds is 6. The van der Waals surface area contributed by atoms with Crippen molar-refractivity contribution in [3.8, 4) is 0 Å². The zero-order valence-corrected chi connectivity index (χ0v) is 15.8. The number of nitrogens with one attached hydrogen (secondary N) is 1. The Bertz CT molecular complexity index is 716. The fourth-order valence-corrected chi connectivity index (χ4v) is 3.61. The largest absolute Gasteiger partial charge is 0.355 e. The fourth-order valence-electron chi connectivity index (χ4n) is 3.61. The molecule has 1 aliphatic rings. The Balaban J connectivity index is 1.54. The van der Waals surface area contributed by atoms with Crippen LogP contribution in [-0.2, 0) is 11.2 Å². The van der Waals surface area contributed by atoms with Gasteiger partial charge in [-0.25, -0.2) is 0 Å². The molecule has 0 bridgehead atoms. The van der Waals surface area contributed by atoms with Crippen molar-refractivity contribution in [1.82, 2.24) is 15.1 Å². The summed E-state index contributed by atoms with van der Waals surface area (Å²) in [6.45, 7) is 6.14. The first kappa shape index (κ1) is 18.6. The summed E-state index contributed by atoms with van der Waals surface area (Å²) in [5.41, 5.74) is 3.87. The van der Waals surface area contributed by atoms with Gasteiger partial charge in [0.05, 0.1) is 6.54 Å². The van der Waals surface area contributed by atoms with E-state index in [1.54, 1.807) is 0 Å². The highest BCUT2D eigenvalue weighted by Crippen LogP contribution is 2.24. The van der Waals surface area contributed by atoms with E-state index in [4.69, 9.17) is 0 Å². The molecular formula is C22H29N3O. The van der Waals surface area contributed by atoms with Gasteiger partial charge in [0.25, 0.3) is 0 Å². The van der Waals surface area contributed by atoms with E-state index < -0.39 is 0 Å². The molecule has 0 aliphatic carbocycles. The van der Waals surface area contributed by atoms with Crippen LogP contribution in [0.2, 0.25) is 0 Å². The van der Waals surface area contributed by atoms with Crippen LogP contribution in [0.25, 0.3) is 0 Å². The van der Waals surface area contributed by atoms with Gasteiger partial charge in [0.2, 0.25) is 5.91 Å². The predicted octanol–water partition coefficient (Wildman–Crippen LogP) is 2.64. The molecule has 2 aromatic carbocycles. The molecular weight excluding hydrogens is 322 g/mol. The first-order valence-electron chi connectivity index (χ1n) is 9.42. The molecule has 1 atom stereocenters. The van der Waals surface area contributed by atoms with Gasteiger partial charge >= 0.3 is 0 Å². The van der Waals surface area contributed by atoms with E-state index in [0.29, 0.717) is 13.1 Å². The average Bonchev–Trinajstić information content (AvgIpc) is 2.65. The lowest BCUT2D eigenvalue weighted by Crippen LogP contribution is -2.50. The maximum atomic E-state index is 12.5. The van der Waals surface area contributed by atoms with Crippen LogP contribution in [0.15, 0.2) is 54.6 Å². The summed E-state index contributed by atoms with van der Waals surface area (Å²) in [5, 5.41) is 3.09. The van der Waals surface area contributed by atoms with E-state index in [0.717, 1.165) is 26.1 Å². The topological polar surface area (TPSA) is 35.6 Å². The Hall–Kier alpha value is -2.17. The number of aryl methyl sites for hydroxylation is 1. The number of piperazine rings is 1. The molecule has 1 aliphatic heterocycles. The zero-order chi connectivity index (χ0) is 18.4. The number of amides is 1. The third-order valence-corrected chi connectivity index (χ3v) is 5.20. The van der Waals surface area contributed by atoms with Gasteiger partial charge in [-0.3, -0.25) is 9.69 Å². The quantitative estimate of drug-likeness (QED) is 0.869. The third-order valence-electron chi connectivity index (χ3n) is 5.20. The number of carbonyl (C=O) groups is 1. The number of likely N-dealkylation sites (N-methyl/N-ethyl adjacent to an activating group) is 1. The van der Waals surface area contributed by atoms with Gasteiger partial charge in [-0.15, -0.1) is 0 Å². The summed E-state index contributed by atoms with van der Waals surface area (Å²) in [5.74, 6) is 0.115. The van der Waals surface area contributed by atoms with Crippen LogP contribution in [-0.4, -0.2) is 55.5 Å². The lowest BCUT2D eigenvalue weighted by Gasteiger charge is -2.40. The smallest absolute Gasteiger partial charge is 0.234 e. The van der Waals surface area contributed by atoms with Crippen LogP contribution in [0.4, 0.5) is 0 Å². The highest BCUT2D eigenvalue weighted by atomic mass is 16.2. The first-order valence-corrected chi connectivity index (χ1v) is 9.42. The number of carbonyl (C=O) groups excluding carboxylic acids is 1. The third kappa shape index (κ3) is 4.93. The molecule has 2 aromatic rings. The summed E-state index contributed by atoms with van der Waals surface area (Å²) in [6, 6.07) is 19.1. The second-order valence-corrected chi connectivity index (χ2v) is 7.19. The molecule has 0 saturated carbocycles. The second kappa shape index (κ2) is 8.97. The molecule has 1 heterocycles. The summed E-state index contributed by atoms with van der Waals surface area (Å²) < 4.78 is 0. The Morgan fingerprint density at radius 3 is 2.58 bits per heavy atom. The molecule has 3 rings (SSSR count). The van der Waals surface area contributed by atoms with E-state index in [-0.39, 0.29) is 11.9 Å². The van der Waals surface area contributed by atoms with Gasteiger partial charge in [0, 0.05) is 32.2 Å². The standard InChI is InChI=1S/C22H29N3O/c1-18-8-6-7-9-19(18)12-13-23-22(26)17-25-15-14-24(2)16-21(25)20-10-4-3-5-11-20/h3-11,21H,12-17H2,1-2H3,(H,23,26). The van der Waals surface area contributed by atoms with Gasteiger partial charge in [-0.2, -0.15) is 0 Å². The molecule has 1 saturated heterocycles. The van der Waals surface area contributed by atoms with Gasteiger partial charge in [0.1, 0.15) is 0 Å². The SMILES string of the molecule is Cc1ccccc1CCNC(=O)CN1CCN(C)CC1c1ccccc1. The van der Waals surface area contributed by atoms with E-state index in [9.17, 15) is 4.79 Å². The van der Waals surface area contributed by atoms with Crippen molar-refractivity contribution in [3.05, 3.63) is 71.3 Å². The van der Waals surface area contributed by atoms with E-state index in [1.807, 2.05) is 6.07 Å². The summed E-state index contributed by atoms with van der Waals surface area (Å²) in [4.78, 5) is 17.1. The van der Waals surface area contributed by atoms with Crippen LogP contribution in [0, 0.1) is 6.92 Å². The monoisotopic (exact) mass is 351 g/mol. The van der Waals surface area contributed by atoms with Crippen LogP contribution in [0.1, 0.15) is 22.7 Å². The van der Waals surface area contributed by atoms with Crippen molar-refractivity contribution in [2.24, 2.45) is 0 Å². The molecule has 0 radical (unpaired) electrons. The van der Waals surface area contributed by atoms with E-state index in [1.165, 1.54) is 16.7 Å². The Labute approximate surface area is 156 Å². The number of hydrogen-bond donors (Lipinski definition) is 1. The Morgan fingerprint density at radius 2 is 1.81 bits per heavy atom. The van der Waals surface area contributed by atoms with Crippen LogP contribution >= 0.6 is 0 Å². The Morgan fingerprint density at radius 1 is 1.08 bits per heavy atom. The van der Waals surface area contributed by atoms with Crippen molar-refractivity contribution in [3.63, 3.8) is 0 Å². The van der Waals surface area contributed by atoms with Crippen molar-refractivity contribution in [2.75, 3.05) is 39.8 Å². The Kier molecular flexibility index (Phi) is 6.42. The molecule has 138 valence electrons. The summed E-state index contributed by atoms with van der Waals surface area (Å²) >= 11 is 0. The average molecular weight is 351 g/mol. The minimum absolute atomic E-state index is 0.115. The lowest BCUT2D eigenvalue weighted by atomic mass is 10.0. The number of hydrogen-bond acceptors (Lipinski definition) is 3. The van der Waals surface area contributed by atoms with Crippen molar-refractivity contribution >= 4 is 5.91 Å². The maximum Gasteiger partial charge on any atom is 0.234 e. The van der Waals surface area contributed by atoms with Crippen molar-refractivity contribution in [1.29, 1.82) is 0 Å². The van der Waals surface area contributed by atoms with Gasteiger partial charge in [-0.05, 0) is 37.1 Å². The molecule has 1 unspecified atom stereocenters. The molecule has 0 aromatic heterocycles. The second-order valence-electron chi connectivity index (χ2n) is 7.19. The molecule has 1 N–H and O–H groups in total. The zero-order valence-electron chi connectivity index (χ0n) is 15.8. The van der Waals surface area contributed by atoms with Crippen LogP contribution < -0.4 is 5.32 Å². The molecule has 4 nitrogen and oxygen atoms in total. The highest BCUT2D eigenvalue weighted by Gasteiger charge is 2.27. The lowest BCUT2D eigenvalue weighted by molar-refractivity contribution is -0.123. The van der Waals surface area contributed by atoms with Crippen LogP contribution in [0.3, 0.4) is 0 Å². The highest BCUT2D eigenvalue weighted by molar-refractivity contribution is 5.78. The van der Waals surface area contributed by atoms with Gasteiger partial charge in [-0.1, -0.05) is 54.6 Å². The van der Waals surface area contributed by atoms with Crippen LogP contribution in [0.5, 0.6) is 0 Å². The van der Waals surface area contributed by atoms with E-state index in [2.05, 4.69) is 77.6 Å². The normalized spacial score (nSPS) is 18.6. The summed E-state index contributed by atoms with van der Waals surface area (Å²) in [6.07, 6.45) is 0.878. The molecule has 1 fully saturated rings. The molecule has 26 heavy (non-hydrogen) atoms. The van der Waals surface area contributed by atoms with Crippen molar-refractivity contribution < 1.29 is 4.79 Å². The van der Waals surface area contributed by atoms with E-state index >= 15 is 0 Å². The van der Waals surface area contributed by atoms with Gasteiger partial charge < -0.3 is 10.2 Å². The molecule has 1 amide bonds. The molecule has 4 heteroatoms. The van der Waals surface area contributed by atoms with Gasteiger partial charge in [0.15, 0.2) is 0 Å². The summed E-state index contributed by atoms with van der Waals surface area (Å²) in [7, 11) is 2.15. The number of nitrogens with zero attached hydrogens (tertiary/aromatic N) is 2. The first-order chi connectivity index (χ1) is 12.6. The minimum Gasteiger partial charge on any atom is -0.355 e. The molecule has 0 spiro atoms. The maximum absolute atomic E-state index is 12.5. The minimum atomic E-state index is 0.115. The fraction of sp³-hybridized carbons (Fsp3) is 0.409. The number of benzene rings is 2. The predicted molar refractivity (Wildman–Crippen MR) is 106 cm³/mol. The van der Waals surface area contributed by atoms with Crippen molar-refractivity contribution in [2.45, 2.75) is 19.4 Å².